The first-order valence-corrected chi connectivity index (χ1v) is 6.04. The summed E-state index contributed by atoms with van der Waals surface area (Å²) in [6.07, 6.45) is 3.40. The summed E-state index contributed by atoms with van der Waals surface area (Å²) in [6.45, 7) is 2.03. The molecule has 0 amide bonds. The number of hydrogen-bond acceptors (Lipinski definition) is 4. The van der Waals surface area contributed by atoms with Crippen molar-refractivity contribution in [3.8, 4) is 0 Å². The van der Waals surface area contributed by atoms with E-state index in [1.807, 2.05) is 31.2 Å². The summed E-state index contributed by atoms with van der Waals surface area (Å²) >= 11 is 3.42. The third-order valence-corrected chi connectivity index (χ3v) is 2.95. The zero-order chi connectivity index (χ0) is 12.3. The number of aromatic nitrogens is 2. The lowest BCUT2D eigenvalue weighted by Gasteiger charge is -2.15. The molecule has 0 bridgehead atoms. The predicted molar refractivity (Wildman–Crippen MR) is 72.6 cm³/mol. The molecular weight excluding hydrogens is 280 g/mol. The third kappa shape index (κ3) is 2.94. The maximum absolute atomic E-state index is 5.64. The van der Waals surface area contributed by atoms with Crippen molar-refractivity contribution < 1.29 is 0 Å². The van der Waals surface area contributed by atoms with Crippen molar-refractivity contribution in [1.82, 2.24) is 9.97 Å². The Labute approximate surface area is 108 Å². The van der Waals surface area contributed by atoms with E-state index in [-0.39, 0.29) is 6.04 Å². The Hall–Kier alpha value is -1.62. The van der Waals surface area contributed by atoms with Gasteiger partial charge in [-0.1, -0.05) is 6.07 Å². The van der Waals surface area contributed by atoms with Crippen LogP contribution in [0.2, 0.25) is 0 Å². The van der Waals surface area contributed by atoms with Gasteiger partial charge in [0.1, 0.15) is 5.82 Å². The highest BCUT2D eigenvalue weighted by Crippen LogP contribution is 2.25. The second kappa shape index (κ2) is 5.14. The first-order valence-electron chi connectivity index (χ1n) is 5.25. The summed E-state index contributed by atoms with van der Waals surface area (Å²) < 4.78 is 0.847. The van der Waals surface area contributed by atoms with Gasteiger partial charge in [-0.25, -0.2) is 4.98 Å². The van der Waals surface area contributed by atoms with Crippen molar-refractivity contribution in [3.63, 3.8) is 0 Å². The lowest BCUT2D eigenvalue weighted by molar-refractivity contribution is 0.831. The average molecular weight is 293 g/mol. The van der Waals surface area contributed by atoms with Gasteiger partial charge in [-0.05, 0) is 41.1 Å². The molecule has 2 aromatic heterocycles. The van der Waals surface area contributed by atoms with E-state index in [1.165, 1.54) is 0 Å². The highest BCUT2D eigenvalue weighted by molar-refractivity contribution is 9.10. The number of nitrogens with two attached hydrogens (primary N) is 1. The molecule has 2 aromatic rings. The summed E-state index contributed by atoms with van der Waals surface area (Å²) in [5.41, 5.74) is 7.24. The molecule has 0 fully saturated rings. The molecule has 88 valence electrons. The molecule has 1 atom stereocenters. The second-order valence-corrected chi connectivity index (χ2v) is 4.57. The van der Waals surface area contributed by atoms with E-state index >= 15 is 0 Å². The Kier molecular flexibility index (Phi) is 3.58. The molecule has 17 heavy (non-hydrogen) atoms. The minimum Gasteiger partial charge on any atom is -0.397 e. The predicted octanol–water partition coefficient (Wildman–Crippen LogP) is 2.99. The SMILES string of the molecule is CC(Nc1ncc(N)cc1Br)c1ccccn1. The minimum absolute atomic E-state index is 0.0867. The Morgan fingerprint density at radius 1 is 1.35 bits per heavy atom. The molecule has 3 N–H and O–H groups in total. The highest BCUT2D eigenvalue weighted by Gasteiger charge is 2.09. The summed E-state index contributed by atoms with van der Waals surface area (Å²) in [7, 11) is 0. The third-order valence-electron chi connectivity index (χ3n) is 2.35. The van der Waals surface area contributed by atoms with Gasteiger partial charge in [0.25, 0.3) is 0 Å². The van der Waals surface area contributed by atoms with Gasteiger partial charge in [0.15, 0.2) is 0 Å². The van der Waals surface area contributed by atoms with Crippen LogP contribution in [0.25, 0.3) is 0 Å². The molecule has 2 heterocycles. The van der Waals surface area contributed by atoms with Crippen molar-refractivity contribution >= 4 is 27.4 Å². The average Bonchev–Trinajstić information content (AvgIpc) is 2.34. The first-order chi connectivity index (χ1) is 8.16. The lowest BCUT2D eigenvalue weighted by Crippen LogP contribution is -2.10. The maximum atomic E-state index is 5.64. The van der Waals surface area contributed by atoms with Gasteiger partial charge in [-0.15, -0.1) is 0 Å². The molecule has 2 rings (SSSR count). The largest absolute Gasteiger partial charge is 0.397 e. The molecule has 4 nitrogen and oxygen atoms in total. The van der Waals surface area contributed by atoms with E-state index in [9.17, 15) is 0 Å². The normalized spacial score (nSPS) is 12.1. The van der Waals surface area contributed by atoms with Crippen LogP contribution in [0.4, 0.5) is 11.5 Å². The monoisotopic (exact) mass is 292 g/mol. The van der Waals surface area contributed by atoms with Crippen LogP contribution >= 0.6 is 15.9 Å². The molecule has 0 aromatic carbocycles. The van der Waals surface area contributed by atoms with E-state index in [2.05, 4.69) is 31.2 Å². The van der Waals surface area contributed by atoms with Crippen LogP contribution < -0.4 is 11.1 Å². The zero-order valence-corrected chi connectivity index (χ0v) is 11.0. The molecule has 1 unspecified atom stereocenters. The summed E-state index contributed by atoms with van der Waals surface area (Å²) in [5, 5.41) is 3.28. The molecule has 0 saturated heterocycles. The van der Waals surface area contributed by atoms with Crippen molar-refractivity contribution in [2.24, 2.45) is 0 Å². The van der Waals surface area contributed by atoms with Crippen LogP contribution in [0.1, 0.15) is 18.7 Å². The van der Waals surface area contributed by atoms with E-state index < -0.39 is 0 Å². The quantitative estimate of drug-likeness (QED) is 0.913. The van der Waals surface area contributed by atoms with Gasteiger partial charge in [-0.3, -0.25) is 4.98 Å². The van der Waals surface area contributed by atoms with E-state index in [0.717, 1.165) is 16.0 Å². The summed E-state index contributed by atoms with van der Waals surface area (Å²) in [4.78, 5) is 8.52. The number of hydrogen-bond donors (Lipinski definition) is 2. The van der Waals surface area contributed by atoms with Crippen LogP contribution in [0, 0.1) is 0 Å². The number of nitrogens with zero attached hydrogens (tertiary/aromatic N) is 2. The lowest BCUT2D eigenvalue weighted by atomic mass is 10.2. The van der Waals surface area contributed by atoms with E-state index in [4.69, 9.17) is 5.73 Å². The summed E-state index contributed by atoms with van der Waals surface area (Å²) in [5.74, 6) is 0.761. The smallest absolute Gasteiger partial charge is 0.140 e. The Balaban J connectivity index is 2.16. The molecule has 0 aliphatic heterocycles. The Bertz CT molecular complexity index is 501. The molecule has 0 radical (unpaired) electrons. The number of rotatable bonds is 3. The molecule has 0 aliphatic carbocycles. The van der Waals surface area contributed by atoms with Crippen LogP contribution in [0.5, 0.6) is 0 Å². The summed E-state index contributed by atoms with van der Waals surface area (Å²) in [6, 6.07) is 7.74. The molecular formula is C12H13BrN4. The van der Waals surface area contributed by atoms with Crippen LogP contribution in [0.15, 0.2) is 41.1 Å². The Morgan fingerprint density at radius 3 is 2.82 bits per heavy atom. The van der Waals surface area contributed by atoms with E-state index in [1.54, 1.807) is 12.4 Å². The van der Waals surface area contributed by atoms with Gasteiger partial charge in [0.2, 0.25) is 0 Å². The van der Waals surface area contributed by atoms with Crippen molar-refractivity contribution in [1.29, 1.82) is 0 Å². The van der Waals surface area contributed by atoms with E-state index in [0.29, 0.717) is 5.69 Å². The molecule has 0 aliphatic rings. The standard InChI is InChI=1S/C12H13BrN4/c1-8(11-4-2-3-5-15-11)17-12-10(13)6-9(14)7-16-12/h2-8H,14H2,1H3,(H,16,17). The minimum atomic E-state index is 0.0867. The zero-order valence-electron chi connectivity index (χ0n) is 9.39. The van der Waals surface area contributed by atoms with Gasteiger partial charge in [-0.2, -0.15) is 0 Å². The Morgan fingerprint density at radius 2 is 2.18 bits per heavy atom. The number of halogens is 1. The molecule has 0 saturated carbocycles. The highest BCUT2D eigenvalue weighted by atomic mass is 79.9. The van der Waals surface area contributed by atoms with Gasteiger partial charge in [0.05, 0.1) is 28.1 Å². The number of anilines is 2. The fourth-order valence-electron chi connectivity index (χ4n) is 1.47. The fourth-order valence-corrected chi connectivity index (χ4v) is 1.95. The van der Waals surface area contributed by atoms with Crippen molar-refractivity contribution in [2.45, 2.75) is 13.0 Å². The topological polar surface area (TPSA) is 63.8 Å². The van der Waals surface area contributed by atoms with Gasteiger partial charge >= 0.3 is 0 Å². The maximum Gasteiger partial charge on any atom is 0.140 e. The molecule has 0 spiro atoms. The van der Waals surface area contributed by atoms with Gasteiger partial charge < -0.3 is 11.1 Å². The number of nitrogen functional groups attached to an aromatic ring is 1. The van der Waals surface area contributed by atoms with Crippen molar-refractivity contribution in [3.05, 3.63) is 46.8 Å². The fraction of sp³-hybridized carbons (Fsp3) is 0.167. The second-order valence-electron chi connectivity index (χ2n) is 3.72. The molecule has 5 heteroatoms. The first kappa shape index (κ1) is 11.9. The van der Waals surface area contributed by atoms with Crippen LogP contribution in [-0.2, 0) is 0 Å². The van der Waals surface area contributed by atoms with Crippen LogP contribution in [-0.4, -0.2) is 9.97 Å². The van der Waals surface area contributed by atoms with Crippen molar-refractivity contribution in [2.75, 3.05) is 11.1 Å². The number of nitrogens with one attached hydrogen (secondary N) is 1. The van der Waals surface area contributed by atoms with Gasteiger partial charge in [0, 0.05) is 6.20 Å². The van der Waals surface area contributed by atoms with Crippen LogP contribution in [0.3, 0.4) is 0 Å². The number of pyridine rings is 2.